The fraction of sp³-hybridized carbons (Fsp3) is 0.412. The van der Waals surface area contributed by atoms with E-state index in [1.54, 1.807) is 18.5 Å². The molecule has 0 radical (unpaired) electrons. The highest BCUT2D eigenvalue weighted by atomic mass is 16.5. The van der Waals surface area contributed by atoms with Crippen LogP contribution in [0.2, 0.25) is 0 Å². The summed E-state index contributed by atoms with van der Waals surface area (Å²) in [6.45, 7) is 8.16. The summed E-state index contributed by atoms with van der Waals surface area (Å²) in [4.78, 5) is 23.1. The number of aromatic nitrogens is 3. The predicted octanol–water partition coefficient (Wildman–Crippen LogP) is 2.96. The van der Waals surface area contributed by atoms with Gasteiger partial charge in [0.1, 0.15) is 11.6 Å². The largest absolute Gasteiger partial charge is 0.476 e. The standard InChI is InChI=1S/C17H20N4O2/c1-11(22)12(7-18)5-6-13-8-19-16-15(13)21-14(9-20-16)23-10-17(2,3)4/h5,8-9H,6,10H2,1-4H3,(H,19,20)/b12-5+. The van der Waals surface area contributed by atoms with Crippen molar-refractivity contribution in [3.8, 4) is 11.9 Å². The highest BCUT2D eigenvalue weighted by molar-refractivity contribution is 5.97. The van der Waals surface area contributed by atoms with Gasteiger partial charge in [-0.15, -0.1) is 0 Å². The van der Waals surface area contributed by atoms with Crippen LogP contribution in [0, 0.1) is 16.7 Å². The molecule has 6 heteroatoms. The molecule has 2 aromatic rings. The van der Waals surface area contributed by atoms with Gasteiger partial charge in [-0.1, -0.05) is 26.8 Å². The van der Waals surface area contributed by atoms with Gasteiger partial charge in [-0.3, -0.25) is 4.79 Å². The third-order valence-corrected chi connectivity index (χ3v) is 3.12. The van der Waals surface area contributed by atoms with Crippen LogP contribution in [0.25, 0.3) is 11.2 Å². The van der Waals surface area contributed by atoms with Gasteiger partial charge in [0.15, 0.2) is 11.4 Å². The van der Waals surface area contributed by atoms with E-state index in [1.807, 2.05) is 6.07 Å². The highest BCUT2D eigenvalue weighted by Gasteiger charge is 2.13. The second-order valence-corrected chi connectivity index (χ2v) is 6.56. The van der Waals surface area contributed by atoms with E-state index in [2.05, 4.69) is 35.7 Å². The van der Waals surface area contributed by atoms with Crippen LogP contribution in [-0.2, 0) is 11.2 Å². The number of nitrogens with one attached hydrogen (secondary N) is 1. The molecule has 0 saturated heterocycles. The number of nitrogens with zero attached hydrogens (tertiary/aromatic N) is 3. The average Bonchev–Trinajstić information content (AvgIpc) is 2.87. The molecule has 0 bridgehead atoms. The summed E-state index contributed by atoms with van der Waals surface area (Å²) in [5.41, 5.74) is 2.38. The first kappa shape index (κ1) is 16.7. The smallest absolute Gasteiger partial charge is 0.233 e. The molecule has 6 nitrogen and oxygen atoms in total. The summed E-state index contributed by atoms with van der Waals surface area (Å²) < 4.78 is 5.68. The van der Waals surface area contributed by atoms with Crippen LogP contribution in [0.5, 0.6) is 5.88 Å². The maximum absolute atomic E-state index is 11.3. The van der Waals surface area contributed by atoms with Crippen molar-refractivity contribution in [3.63, 3.8) is 0 Å². The molecule has 23 heavy (non-hydrogen) atoms. The van der Waals surface area contributed by atoms with Crippen LogP contribution >= 0.6 is 0 Å². The van der Waals surface area contributed by atoms with E-state index in [0.717, 1.165) is 5.56 Å². The fourth-order valence-corrected chi connectivity index (χ4v) is 1.92. The summed E-state index contributed by atoms with van der Waals surface area (Å²) >= 11 is 0. The van der Waals surface area contributed by atoms with Crippen molar-refractivity contribution < 1.29 is 9.53 Å². The van der Waals surface area contributed by atoms with Gasteiger partial charge in [-0.2, -0.15) is 5.26 Å². The molecule has 120 valence electrons. The first-order valence-corrected chi connectivity index (χ1v) is 7.37. The first-order valence-electron chi connectivity index (χ1n) is 7.37. The third kappa shape index (κ3) is 4.39. The zero-order valence-electron chi connectivity index (χ0n) is 13.8. The normalized spacial score (nSPS) is 12.2. The molecule has 0 atom stereocenters. The quantitative estimate of drug-likeness (QED) is 0.677. The van der Waals surface area contributed by atoms with Crippen molar-refractivity contribution in [2.75, 3.05) is 6.61 Å². The lowest BCUT2D eigenvalue weighted by Crippen LogP contribution is -2.17. The predicted molar refractivity (Wildman–Crippen MR) is 86.9 cm³/mol. The SMILES string of the molecule is CC(=O)/C(C#N)=C/Cc1c[nH]c2ncc(OCC(C)(C)C)nc12. The molecule has 0 unspecified atom stereocenters. The topological polar surface area (TPSA) is 91.7 Å². The van der Waals surface area contributed by atoms with Crippen molar-refractivity contribution in [1.82, 2.24) is 15.0 Å². The van der Waals surface area contributed by atoms with Gasteiger partial charge in [0.25, 0.3) is 0 Å². The molecule has 2 rings (SSSR count). The zero-order chi connectivity index (χ0) is 17.0. The molecular formula is C17H20N4O2. The molecule has 0 amide bonds. The maximum Gasteiger partial charge on any atom is 0.233 e. The summed E-state index contributed by atoms with van der Waals surface area (Å²) in [5, 5.41) is 8.93. The number of hydrogen-bond acceptors (Lipinski definition) is 5. The minimum atomic E-state index is -0.243. The number of H-pyrrole nitrogens is 1. The van der Waals surface area contributed by atoms with E-state index in [0.29, 0.717) is 30.1 Å². The van der Waals surface area contributed by atoms with Crippen LogP contribution < -0.4 is 4.74 Å². The molecule has 0 saturated carbocycles. The Bertz CT molecular complexity index is 791. The molecule has 0 aliphatic carbocycles. The Morgan fingerprint density at radius 2 is 2.22 bits per heavy atom. The Morgan fingerprint density at radius 3 is 2.83 bits per heavy atom. The number of rotatable bonds is 5. The van der Waals surface area contributed by atoms with E-state index < -0.39 is 0 Å². The molecule has 2 heterocycles. The summed E-state index contributed by atoms with van der Waals surface area (Å²) in [6.07, 6.45) is 5.40. The number of ether oxygens (including phenoxy) is 1. The number of ketones is 1. The van der Waals surface area contributed by atoms with Gasteiger partial charge >= 0.3 is 0 Å². The number of nitriles is 1. The number of carbonyl (C=O) groups is 1. The number of fused-ring (bicyclic) bond motifs is 1. The molecular weight excluding hydrogens is 292 g/mol. The van der Waals surface area contributed by atoms with Crippen LogP contribution in [0.1, 0.15) is 33.3 Å². The van der Waals surface area contributed by atoms with Crippen LogP contribution in [-0.4, -0.2) is 27.3 Å². The maximum atomic E-state index is 11.3. The second kappa shape index (κ2) is 6.61. The summed E-state index contributed by atoms with van der Waals surface area (Å²) in [7, 11) is 0. The van der Waals surface area contributed by atoms with Crippen molar-refractivity contribution in [2.45, 2.75) is 34.1 Å². The molecule has 0 aliphatic heterocycles. The Hall–Kier alpha value is -2.68. The van der Waals surface area contributed by atoms with Gasteiger partial charge in [0, 0.05) is 11.8 Å². The van der Waals surface area contributed by atoms with E-state index in [1.165, 1.54) is 6.92 Å². The van der Waals surface area contributed by atoms with Crippen molar-refractivity contribution in [1.29, 1.82) is 5.26 Å². The van der Waals surface area contributed by atoms with E-state index >= 15 is 0 Å². The lowest BCUT2D eigenvalue weighted by atomic mass is 9.99. The number of hydrogen-bond donors (Lipinski definition) is 1. The van der Waals surface area contributed by atoms with Crippen molar-refractivity contribution in [2.24, 2.45) is 5.41 Å². The molecule has 0 spiro atoms. The zero-order valence-corrected chi connectivity index (χ0v) is 13.8. The first-order chi connectivity index (χ1) is 10.8. The number of Topliss-reactive ketones (excluding diaryl/α,β-unsaturated/α-hetero) is 1. The monoisotopic (exact) mass is 312 g/mol. The van der Waals surface area contributed by atoms with E-state index in [-0.39, 0.29) is 16.8 Å². The van der Waals surface area contributed by atoms with Gasteiger partial charge in [-0.05, 0) is 18.8 Å². The number of allylic oxidation sites excluding steroid dienone is 2. The van der Waals surface area contributed by atoms with Crippen LogP contribution in [0.3, 0.4) is 0 Å². The second-order valence-electron chi connectivity index (χ2n) is 6.56. The van der Waals surface area contributed by atoms with E-state index in [4.69, 9.17) is 10.00 Å². The Balaban J connectivity index is 2.25. The number of aromatic amines is 1. The van der Waals surface area contributed by atoms with Crippen LogP contribution in [0.15, 0.2) is 24.0 Å². The van der Waals surface area contributed by atoms with Gasteiger partial charge in [0.2, 0.25) is 5.88 Å². The minimum Gasteiger partial charge on any atom is -0.476 e. The van der Waals surface area contributed by atoms with Gasteiger partial charge < -0.3 is 9.72 Å². The van der Waals surface area contributed by atoms with Crippen molar-refractivity contribution >= 4 is 16.9 Å². The Kier molecular flexibility index (Phi) is 4.80. The Morgan fingerprint density at radius 1 is 1.48 bits per heavy atom. The van der Waals surface area contributed by atoms with E-state index in [9.17, 15) is 4.79 Å². The molecule has 0 aromatic carbocycles. The Labute approximate surface area is 135 Å². The average molecular weight is 312 g/mol. The minimum absolute atomic E-state index is 0.0313. The molecule has 0 fully saturated rings. The van der Waals surface area contributed by atoms with Crippen LogP contribution in [0.4, 0.5) is 0 Å². The lowest BCUT2D eigenvalue weighted by molar-refractivity contribution is -0.113. The molecule has 1 N–H and O–H groups in total. The third-order valence-electron chi connectivity index (χ3n) is 3.12. The van der Waals surface area contributed by atoms with Gasteiger partial charge in [-0.25, -0.2) is 9.97 Å². The summed E-state index contributed by atoms with van der Waals surface area (Å²) in [6, 6.07) is 1.90. The molecule has 2 aromatic heterocycles. The van der Waals surface area contributed by atoms with Gasteiger partial charge in [0.05, 0.1) is 18.4 Å². The lowest BCUT2D eigenvalue weighted by Gasteiger charge is -2.17. The summed E-state index contributed by atoms with van der Waals surface area (Å²) in [5.74, 6) is 0.219. The number of carbonyl (C=O) groups excluding carboxylic acids is 1. The molecule has 0 aliphatic rings. The van der Waals surface area contributed by atoms with Crippen molar-refractivity contribution in [3.05, 3.63) is 29.6 Å². The highest BCUT2D eigenvalue weighted by Crippen LogP contribution is 2.20. The fourth-order valence-electron chi connectivity index (χ4n) is 1.92.